The molecule has 0 aliphatic carbocycles. The summed E-state index contributed by atoms with van der Waals surface area (Å²) in [5.74, 6) is 0. The number of fused-ring (bicyclic) bond motifs is 4. The fraction of sp³-hybridized carbons (Fsp3) is 0. The summed E-state index contributed by atoms with van der Waals surface area (Å²) in [6.45, 7) is 0. The molecule has 18 heavy (non-hydrogen) atoms. The second-order valence-electron chi connectivity index (χ2n) is 4.00. The van der Waals surface area contributed by atoms with Crippen LogP contribution in [-0.2, 0) is 0 Å². The highest BCUT2D eigenvalue weighted by Crippen LogP contribution is 2.40. The molecule has 0 radical (unpaired) electrons. The monoisotopic (exact) mass is 309 g/mol. The predicted molar refractivity (Wildman–Crippen MR) is 82.5 cm³/mol. The Kier molecular flexibility index (Phi) is 2.33. The summed E-state index contributed by atoms with van der Waals surface area (Å²) in [5.41, 5.74) is 0.942. The molecule has 0 saturated carbocycles. The van der Waals surface area contributed by atoms with Gasteiger partial charge in [-0.2, -0.15) is 0 Å². The first-order valence-corrected chi connectivity index (χ1v) is 7.68. The lowest BCUT2D eigenvalue weighted by Gasteiger charge is -1.94. The van der Waals surface area contributed by atoms with E-state index in [1.807, 2.05) is 12.1 Å². The van der Waals surface area contributed by atoms with Crippen molar-refractivity contribution in [1.82, 2.24) is 4.98 Å². The molecule has 0 fully saturated rings. The minimum Gasteiger partial charge on any atom is -0.225 e. The molecule has 0 spiro atoms. The van der Waals surface area contributed by atoms with Gasteiger partial charge in [-0.05, 0) is 24.3 Å². The Hall–Kier alpha value is -0.870. The second kappa shape index (κ2) is 3.81. The Morgan fingerprint density at radius 2 is 1.83 bits per heavy atom. The van der Waals surface area contributed by atoms with Crippen LogP contribution in [0.25, 0.3) is 30.4 Å². The standard InChI is InChI=1S/C13H5Cl2NS2/c14-7-2-1-3-9-12(7)6-4-8-11(5-10(6)17-9)18-13(15)16-8/h1-5H. The molecule has 0 aliphatic rings. The molecule has 0 aliphatic heterocycles. The topological polar surface area (TPSA) is 12.9 Å². The van der Waals surface area contributed by atoms with Crippen LogP contribution in [0.4, 0.5) is 0 Å². The van der Waals surface area contributed by atoms with Crippen LogP contribution in [0.5, 0.6) is 0 Å². The molecule has 5 heteroatoms. The van der Waals surface area contributed by atoms with Gasteiger partial charge in [0.15, 0.2) is 4.47 Å². The van der Waals surface area contributed by atoms with Crippen molar-refractivity contribution < 1.29 is 0 Å². The third-order valence-corrected chi connectivity index (χ3v) is 5.48. The average Bonchev–Trinajstić information content (AvgIpc) is 2.84. The summed E-state index contributed by atoms with van der Waals surface area (Å²) in [4.78, 5) is 4.32. The largest absolute Gasteiger partial charge is 0.225 e. The normalized spacial score (nSPS) is 11.9. The SMILES string of the molecule is Clc1nc2cc3c(cc2s1)sc1cccc(Cl)c13. The summed E-state index contributed by atoms with van der Waals surface area (Å²) in [6, 6.07) is 10.2. The fourth-order valence-electron chi connectivity index (χ4n) is 2.18. The van der Waals surface area contributed by atoms with E-state index in [0.29, 0.717) is 4.47 Å². The Labute approximate surface area is 121 Å². The number of hydrogen-bond acceptors (Lipinski definition) is 3. The third kappa shape index (κ3) is 1.48. The molecule has 4 rings (SSSR count). The van der Waals surface area contributed by atoms with Gasteiger partial charge in [0.25, 0.3) is 0 Å². The number of halogens is 2. The molecule has 0 unspecified atom stereocenters. The molecule has 1 nitrogen and oxygen atoms in total. The van der Waals surface area contributed by atoms with Gasteiger partial charge in [-0.3, -0.25) is 0 Å². The van der Waals surface area contributed by atoms with Gasteiger partial charge >= 0.3 is 0 Å². The molecule has 2 aromatic carbocycles. The first-order chi connectivity index (χ1) is 8.72. The Bertz CT molecular complexity index is 907. The molecule has 0 N–H and O–H groups in total. The minimum absolute atomic E-state index is 0.582. The third-order valence-electron chi connectivity index (χ3n) is 2.93. The van der Waals surface area contributed by atoms with E-state index in [4.69, 9.17) is 23.2 Å². The van der Waals surface area contributed by atoms with Crippen LogP contribution in [-0.4, -0.2) is 4.98 Å². The van der Waals surface area contributed by atoms with Gasteiger partial charge in [0, 0.05) is 25.2 Å². The van der Waals surface area contributed by atoms with Crippen molar-refractivity contribution >= 4 is 76.3 Å². The molecular weight excluding hydrogens is 305 g/mol. The van der Waals surface area contributed by atoms with Crippen LogP contribution in [0, 0.1) is 0 Å². The lowest BCUT2D eigenvalue weighted by atomic mass is 10.1. The van der Waals surface area contributed by atoms with Crippen LogP contribution >= 0.6 is 45.9 Å². The van der Waals surface area contributed by atoms with E-state index in [-0.39, 0.29) is 0 Å². The smallest absolute Gasteiger partial charge is 0.184 e. The highest BCUT2D eigenvalue weighted by Gasteiger charge is 2.11. The maximum atomic E-state index is 6.30. The molecule has 0 bridgehead atoms. The summed E-state index contributed by atoms with van der Waals surface area (Å²) >= 11 is 15.5. The molecule has 0 atom stereocenters. The summed E-state index contributed by atoms with van der Waals surface area (Å²) in [6.07, 6.45) is 0. The summed E-state index contributed by atoms with van der Waals surface area (Å²) in [5, 5.41) is 3.07. The predicted octanol–water partition coefficient (Wildman–Crippen LogP) is 5.97. The lowest BCUT2D eigenvalue weighted by molar-refractivity contribution is 1.51. The van der Waals surface area contributed by atoms with Crippen LogP contribution in [0.15, 0.2) is 30.3 Å². The number of benzene rings is 2. The average molecular weight is 310 g/mol. The van der Waals surface area contributed by atoms with Gasteiger partial charge in [-0.1, -0.05) is 29.3 Å². The van der Waals surface area contributed by atoms with Crippen molar-refractivity contribution in [3.8, 4) is 0 Å². The molecule has 88 valence electrons. The van der Waals surface area contributed by atoms with Crippen LogP contribution in [0.2, 0.25) is 9.49 Å². The van der Waals surface area contributed by atoms with Crippen molar-refractivity contribution in [2.24, 2.45) is 0 Å². The zero-order chi connectivity index (χ0) is 12.3. The second-order valence-corrected chi connectivity index (χ2v) is 7.10. The summed E-state index contributed by atoms with van der Waals surface area (Å²) in [7, 11) is 0. The maximum absolute atomic E-state index is 6.30. The van der Waals surface area contributed by atoms with E-state index < -0.39 is 0 Å². The molecule has 2 aromatic heterocycles. The molecule has 2 heterocycles. The molecule has 0 amide bonds. The van der Waals surface area contributed by atoms with Gasteiger partial charge in [0.05, 0.1) is 10.2 Å². The summed E-state index contributed by atoms with van der Waals surface area (Å²) < 4.78 is 4.14. The Balaban J connectivity index is 2.27. The number of hydrogen-bond donors (Lipinski definition) is 0. The van der Waals surface area contributed by atoms with E-state index in [9.17, 15) is 0 Å². The molecule has 4 aromatic rings. The maximum Gasteiger partial charge on any atom is 0.184 e. The van der Waals surface area contributed by atoms with Crippen molar-refractivity contribution in [1.29, 1.82) is 0 Å². The van der Waals surface area contributed by atoms with E-state index in [1.54, 1.807) is 11.3 Å². The van der Waals surface area contributed by atoms with E-state index >= 15 is 0 Å². The van der Waals surface area contributed by atoms with Gasteiger partial charge in [-0.15, -0.1) is 22.7 Å². The van der Waals surface area contributed by atoms with Gasteiger partial charge < -0.3 is 0 Å². The highest BCUT2D eigenvalue weighted by atomic mass is 35.5. The zero-order valence-corrected chi connectivity index (χ0v) is 12.1. The lowest BCUT2D eigenvalue weighted by Crippen LogP contribution is -1.70. The van der Waals surface area contributed by atoms with Crippen molar-refractivity contribution in [3.05, 3.63) is 39.8 Å². The van der Waals surface area contributed by atoms with Gasteiger partial charge in [0.1, 0.15) is 0 Å². The van der Waals surface area contributed by atoms with Crippen molar-refractivity contribution in [3.63, 3.8) is 0 Å². The van der Waals surface area contributed by atoms with Crippen molar-refractivity contribution in [2.75, 3.05) is 0 Å². The number of thiophene rings is 1. The molecular formula is C13H5Cl2NS2. The van der Waals surface area contributed by atoms with E-state index in [1.165, 1.54) is 20.7 Å². The number of thiazole rings is 1. The zero-order valence-electron chi connectivity index (χ0n) is 8.91. The van der Waals surface area contributed by atoms with E-state index in [2.05, 4.69) is 23.2 Å². The Morgan fingerprint density at radius 3 is 2.72 bits per heavy atom. The van der Waals surface area contributed by atoms with Gasteiger partial charge in [-0.25, -0.2) is 4.98 Å². The highest BCUT2D eigenvalue weighted by molar-refractivity contribution is 7.26. The number of nitrogens with zero attached hydrogens (tertiary/aromatic N) is 1. The van der Waals surface area contributed by atoms with Crippen LogP contribution in [0.1, 0.15) is 0 Å². The molecule has 0 saturated heterocycles. The first kappa shape index (κ1) is 11.0. The fourth-order valence-corrected chi connectivity index (χ4v) is 4.79. The number of aromatic nitrogens is 1. The van der Waals surface area contributed by atoms with Gasteiger partial charge in [0.2, 0.25) is 0 Å². The quantitative estimate of drug-likeness (QED) is 0.390. The van der Waals surface area contributed by atoms with Crippen molar-refractivity contribution in [2.45, 2.75) is 0 Å². The minimum atomic E-state index is 0.582. The van der Waals surface area contributed by atoms with Crippen LogP contribution < -0.4 is 0 Å². The number of rotatable bonds is 0. The first-order valence-electron chi connectivity index (χ1n) is 5.29. The van der Waals surface area contributed by atoms with Crippen LogP contribution in [0.3, 0.4) is 0 Å². The Morgan fingerprint density at radius 1 is 0.944 bits per heavy atom. The van der Waals surface area contributed by atoms with E-state index in [0.717, 1.165) is 26.0 Å².